The quantitative estimate of drug-likeness (QED) is 0.578. The van der Waals surface area contributed by atoms with Gasteiger partial charge in [0, 0.05) is 5.56 Å². The molecule has 0 N–H and O–H groups in total. The number of nitrogens with zero attached hydrogens (tertiary/aromatic N) is 1. The molecular weight excluding hydrogens is 346 g/mol. The zero-order chi connectivity index (χ0) is 19.2. The van der Waals surface area contributed by atoms with Crippen molar-refractivity contribution in [1.82, 2.24) is 0 Å². The second-order valence-electron chi connectivity index (χ2n) is 5.54. The molecule has 3 rings (SSSR count). The Hall–Kier alpha value is -3.54. The fourth-order valence-electron chi connectivity index (χ4n) is 2.57. The number of carbonyl (C=O) groups is 1. The van der Waals surface area contributed by atoms with Crippen molar-refractivity contribution >= 4 is 17.9 Å². The van der Waals surface area contributed by atoms with E-state index < -0.39 is 5.97 Å². The number of allylic oxidation sites excluding steroid dienone is 2. The third kappa shape index (κ3) is 4.00. The molecule has 2 aromatic rings. The van der Waals surface area contributed by atoms with Crippen LogP contribution in [0.4, 0.5) is 0 Å². The molecule has 138 valence electrons. The number of benzene rings is 2. The van der Waals surface area contributed by atoms with Crippen LogP contribution in [0.25, 0.3) is 6.08 Å². The summed E-state index contributed by atoms with van der Waals surface area (Å²) in [6.07, 6.45) is 5.25. The SMILES string of the molecule is COc1cc(C2=NC(=CC=Cc3ccccc3)C(=O)O2)cc(OC)c1OC. The van der Waals surface area contributed by atoms with E-state index in [1.54, 1.807) is 24.3 Å². The minimum absolute atomic E-state index is 0.179. The molecule has 0 aromatic heterocycles. The third-order valence-corrected chi connectivity index (χ3v) is 3.87. The molecule has 2 aromatic carbocycles. The number of ether oxygens (including phenoxy) is 4. The van der Waals surface area contributed by atoms with Crippen LogP contribution in [0.5, 0.6) is 17.2 Å². The number of hydrogen-bond donors (Lipinski definition) is 0. The van der Waals surface area contributed by atoms with E-state index in [4.69, 9.17) is 18.9 Å². The van der Waals surface area contributed by atoms with Crippen LogP contribution in [-0.2, 0) is 9.53 Å². The summed E-state index contributed by atoms with van der Waals surface area (Å²) in [6, 6.07) is 13.1. The topological polar surface area (TPSA) is 66.4 Å². The molecule has 1 aliphatic heterocycles. The van der Waals surface area contributed by atoms with Crippen LogP contribution in [0.3, 0.4) is 0 Å². The predicted molar refractivity (Wildman–Crippen MR) is 102 cm³/mol. The highest BCUT2D eigenvalue weighted by Gasteiger charge is 2.26. The number of rotatable bonds is 6. The van der Waals surface area contributed by atoms with E-state index in [-0.39, 0.29) is 11.6 Å². The summed E-state index contributed by atoms with van der Waals surface area (Å²) >= 11 is 0. The Morgan fingerprint density at radius 1 is 0.963 bits per heavy atom. The molecule has 1 heterocycles. The molecular formula is C21H19NO5. The number of hydrogen-bond acceptors (Lipinski definition) is 6. The number of cyclic esters (lactones) is 1. The fraction of sp³-hybridized carbons (Fsp3) is 0.143. The Morgan fingerprint density at radius 2 is 1.63 bits per heavy atom. The monoisotopic (exact) mass is 365 g/mol. The molecule has 0 saturated carbocycles. The average Bonchev–Trinajstić information content (AvgIpc) is 3.08. The lowest BCUT2D eigenvalue weighted by Gasteiger charge is -2.13. The van der Waals surface area contributed by atoms with Crippen molar-refractivity contribution in [3.05, 3.63) is 71.4 Å². The van der Waals surface area contributed by atoms with Gasteiger partial charge < -0.3 is 18.9 Å². The lowest BCUT2D eigenvalue weighted by atomic mass is 10.1. The van der Waals surface area contributed by atoms with Crippen LogP contribution in [0.1, 0.15) is 11.1 Å². The zero-order valence-corrected chi connectivity index (χ0v) is 15.3. The summed E-state index contributed by atoms with van der Waals surface area (Å²) in [5.74, 6) is 1.02. The molecule has 6 nitrogen and oxygen atoms in total. The van der Waals surface area contributed by atoms with Crippen molar-refractivity contribution in [2.45, 2.75) is 0 Å². The van der Waals surface area contributed by atoms with E-state index in [1.165, 1.54) is 21.3 Å². The van der Waals surface area contributed by atoms with Crippen molar-refractivity contribution in [2.24, 2.45) is 4.99 Å². The van der Waals surface area contributed by atoms with Gasteiger partial charge in [-0.3, -0.25) is 0 Å². The summed E-state index contributed by atoms with van der Waals surface area (Å²) in [4.78, 5) is 16.4. The Morgan fingerprint density at radius 3 is 2.22 bits per heavy atom. The number of carbonyl (C=O) groups excluding carboxylic acids is 1. The van der Waals surface area contributed by atoms with Crippen LogP contribution in [0.15, 0.2) is 65.3 Å². The minimum atomic E-state index is -0.517. The standard InChI is InChI=1S/C21H19NO5/c1-24-17-12-15(13-18(25-2)19(17)26-3)20-22-16(21(23)27-20)11-7-10-14-8-5-4-6-9-14/h4-13H,1-3H3. The van der Waals surface area contributed by atoms with Crippen LogP contribution in [-0.4, -0.2) is 33.2 Å². The Balaban J connectivity index is 1.90. The Bertz CT molecular complexity index is 904. The van der Waals surface area contributed by atoms with E-state index in [1.807, 2.05) is 36.4 Å². The van der Waals surface area contributed by atoms with E-state index in [0.717, 1.165) is 5.56 Å². The number of aliphatic imine (C=N–C) groups is 1. The van der Waals surface area contributed by atoms with Crippen LogP contribution in [0, 0.1) is 0 Å². The van der Waals surface area contributed by atoms with E-state index in [0.29, 0.717) is 22.8 Å². The van der Waals surface area contributed by atoms with Gasteiger partial charge in [0.25, 0.3) is 0 Å². The molecule has 0 aliphatic carbocycles. The van der Waals surface area contributed by atoms with Gasteiger partial charge in [-0.1, -0.05) is 42.5 Å². The molecule has 0 bridgehead atoms. The van der Waals surface area contributed by atoms with Gasteiger partial charge in [0.05, 0.1) is 21.3 Å². The van der Waals surface area contributed by atoms with Crippen LogP contribution in [0.2, 0.25) is 0 Å². The zero-order valence-electron chi connectivity index (χ0n) is 15.3. The lowest BCUT2D eigenvalue weighted by molar-refractivity contribution is -0.130. The molecule has 0 atom stereocenters. The maximum Gasteiger partial charge on any atom is 0.363 e. The molecule has 6 heteroatoms. The van der Waals surface area contributed by atoms with E-state index >= 15 is 0 Å². The van der Waals surface area contributed by atoms with Crippen LogP contribution < -0.4 is 14.2 Å². The van der Waals surface area contributed by atoms with Gasteiger partial charge in [0.1, 0.15) is 0 Å². The van der Waals surface area contributed by atoms with Gasteiger partial charge in [-0.05, 0) is 23.8 Å². The summed E-state index contributed by atoms with van der Waals surface area (Å²) in [6.45, 7) is 0. The molecule has 0 spiro atoms. The normalized spacial score (nSPS) is 15.0. The van der Waals surface area contributed by atoms with Crippen molar-refractivity contribution < 1.29 is 23.7 Å². The predicted octanol–water partition coefficient (Wildman–Crippen LogP) is 3.61. The van der Waals surface area contributed by atoms with Crippen LogP contribution >= 0.6 is 0 Å². The second-order valence-corrected chi connectivity index (χ2v) is 5.54. The largest absolute Gasteiger partial charge is 0.493 e. The highest BCUT2D eigenvalue weighted by Crippen LogP contribution is 2.38. The first-order valence-corrected chi connectivity index (χ1v) is 8.21. The molecule has 0 fully saturated rings. The van der Waals surface area contributed by atoms with Crippen molar-refractivity contribution in [1.29, 1.82) is 0 Å². The van der Waals surface area contributed by atoms with Gasteiger partial charge >= 0.3 is 5.97 Å². The van der Waals surface area contributed by atoms with Gasteiger partial charge in [0.2, 0.25) is 11.6 Å². The highest BCUT2D eigenvalue weighted by molar-refractivity contribution is 6.11. The van der Waals surface area contributed by atoms with Gasteiger partial charge in [0.15, 0.2) is 17.2 Å². The van der Waals surface area contributed by atoms with E-state index in [9.17, 15) is 4.79 Å². The first-order valence-electron chi connectivity index (χ1n) is 8.21. The summed E-state index contributed by atoms with van der Waals surface area (Å²) in [7, 11) is 4.56. The Kier molecular flexibility index (Phi) is 5.56. The maximum absolute atomic E-state index is 12.1. The summed E-state index contributed by atoms with van der Waals surface area (Å²) < 4.78 is 21.2. The van der Waals surface area contributed by atoms with Gasteiger partial charge in [-0.2, -0.15) is 0 Å². The minimum Gasteiger partial charge on any atom is -0.493 e. The third-order valence-electron chi connectivity index (χ3n) is 3.87. The summed E-state index contributed by atoms with van der Waals surface area (Å²) in [5, 5.41) is 0. The number of esters is 1. The molecule has 0 radical (unpaired) electrons. The first-order chi connectivity index (χ1) is 13.2. The average molecular weight is 365 g/mol. The smallest absolute Gasteiger partial charge is 0.363 e. The van der Waals surface area contributed by atoms with Crippen molar-refractivity contribution in [2.75, 3.05) is 21.3 Å². The van der Waals surface area contributed by atoms with E-state index in [2.05, 4.69) is 4.99 Å². The first kappa shape index (κ1) is 18.3. The van der Waals surface area contributed by atoms with Crippen molar-refractivity contribution in [3.63, 3.8) is 0 Å². The van der Waals surface area contributed by atoms with Gasteiger partial charge in [-0.15, -0.1) is 0 Å². The van der Waals surface area contributed by atoms with Gasteiger partial charge in [-0.25, -0.2) is 9.79 Å². The molecule has 27 heavy (non-hydrogen) atoms. The number of methoxy groups -OCH3 is 3. The lowest BCUT2D eigenvalue weighted by Crippen LogP contribution is -2.06. The van der Waals surface area contributed by atoms with Crippen molar-refractivity contribution in [3.8, 4) is 17.2 Å². The molecule has 0 unspecified atom stereocenters. The highest BCUT2D eigenvalue weighted by atomic mass is 16.6. The maximum atomic E-state index is 12.1. The second kappa shape index (κ2) is 8.23. The molecule has 1 aliphatic rings. The fourth-order valence-corrected chi connectivity index (χ4v) is 2.57. The summed E-state index contributed by atoms with van der Waals surface area (Å²) in [5.41, 5.74) is 1.79. The molecule has 0 saturated heterocycles. The molecule has 0 amide bonds. The Labute approximate surface area is 157 Å².